The fraction of sp³-hybridized carbons (Fsp3) is 0.405. The van der Waals surface area contributed by atoms with Gasteiger partial charge in [0.05, 0.1) is 29.1 Å². The van der Waals surface area contributed by atoms with Crippen LogP contribution in [0, 0.1) is 13.8 Å². The minimum atomic E-state index is -0.646. The summed E-state index contributed by atoms with van der Waals surface area (Å²) in [4.78, 5) is 60.9. The van der Waals surface area contributed by atoms with E-state index in [0.717, 1.165) is 18.5 Å². The molecule has 5 heterocycles. The maximum absolute atomic E-state index is 13.3. The summed E-state index contributed by atoms with van der Waals surface area (Å²) in [7, 11) is 1.73. The number of nitrogens with one attached hydrogen (secondary N) is 2. The Labute approximate surface area is 356 Å². The van der Waals surface area contributed by atoms with Gasteiger partial charge in [-0.1, -0.05) is 47.3 Å². The van der Waals surface area contributed by atoms with Crippen LogP contribution in [0.1, 0.15) is 108 Å². The van der Waals surface area contributed by atoms with Gasteiger partial charge in [-0.2, -0.15) is 10.2 Å². The number of carbonyl (C=O) groups excluding carboxylic acids is 4. The Morgan fingerprint density at radius 3 is 1.98 bits per heavy atom. The van der Waals surface area contributed by atoms with Crippen LogP contribution in [0.4, 0.5) is 11.9 Å². The predicted octanol–water partition coefficient (Wildman–Crippen LogP) is 5.53. The molecule has 1 aromatic carbocycles. The van der Waals surface area contributed by atoms with E-state index >= 15 is 0 Å². The molecule has 6 aromatic rings. The predicted molar refractivity (Wildman–Crippen MR) is 238 cm³/mol. The van der Waals surface area contributed by atoms with Gasteiger partial charge < -0.3 is 31.2 Å². The molecule has 0 fully saturated rings. The van der Waals surface area contributed by atoms with Crippen LogP contribution in [-0.4, -0.2) is 93.0 Å². The number of hydrogen-bond donors (Lipinski definition) is 5. The number of rotatable bonds is 16. The van der Waals surface area contributed by atoms with Crippen LogP contribution in [0.2, 0.25) is 0 Å². The minimum Gasteiger partial charge on any atom is -0.491 e. The molecule has 0 radical (unpaired) electrons. The molecule has 0 atom stereocenters. The summed E-state index contributed by atoms with van der Waals surface area (Å²) in [5.41, 5.74) is 16.0. The molecule has 6 rings (SSSR count). The number of aliphatic hydroxyl groups excluding tert-OH is 1. The van der Waals surface area contributed by atoms with E-state index in [-0.39, 0.29) is 44.3 Å². The lowest BCUT2D eigenvalue weighted by Gasteiger charge is -2.12. The van der Waals surface area contributed by atoms with Crippen molar-refractivity contribution in [2.45, 2.75) is 95.4 Å². The molecule has 0 unspecified atom stereocenters. The molecule has 61 heavy (non-hydrogen) atoms. The average Bonchev–Trinajstić information content (AvgIpc) is 4.02. The van der Waals surface area contributed by atoms with E-state index in [1.807, 2.05) is 72.1 Å². The van der Waals surface area contributed by atoms with Crippen LogP contribution in [0.15, 0.2) is 48.7 Å². The van der Waals surface area contributed by atoms with Crippen molar-refractivity contribution < 1.29 is 29.0 Å². The molecule has 0 aliphatic carbocycles. The first-order valence-corrected chi connectivity index (χ1v) is 19.8. The number of allylic oxidation sites excluding steroid dienone is 2. The first kappa shape index (κ1) is 50.3. The Kier molecular flexibility index (Phi) is 20.0. The molecular formula is C42H61N13O6. The van der Waals surface area contributed by atoms with Gasteiger partial charge in [-0.15, -0.1) is 0 Å². The second-order valence-electron chi connectivity index (χ2n) is 12.5. The van der Waals surface area contributed by atoms with Crippen molar-refractivity contribution in [1.29, 1.82) is 0 Å². The van der Waals surface area contributed by atoms with Crippen molar-refractivity contribution in [2.24, 2.45) is 11.5 Å². The number of carbonyl (C=O) groups is 4. The number of imidazole rings is 2. The average molecular weight is 844 g/mol. The summed E-state index contributed by atoms with van der Waals surface area (Å²) < 4.78 is 12.8. The molecule has 3 amide bonds. The number of fused-ring (bicyclic) bond motifs is 2. The molecule has 7 N–H and O–H groups in total. The Bertz CT molecular complexity index is 2420. The van der Waals surface area contributed by atoms with Gasteiger partial charge in [-0.25, -0.2) is 15.0 Å². The number of benzene rings is 1. The number of aryl methyl sites for hydroxylation is 4. The summed E-state index contributed by atoms with van der Waals surface area (Å²) in [6.07, 6.45) is 6.36. The quantitative estimate of drug-likeness (QED) is 0.0458. The van der Waals surface area contributed by atoms with Gasteiger partial charge in [0.25, 0.3) is 5.91 Å². The van der Waals surface area contributed by atoms with Crippen LogP contribution < -0.4 is 26.8 Å². The zero-order valence-corrected chi connectivity index (χ0v) is 35.8. The van der Waals surface area contributed by atoms with E-state index in [9.17, 15) is 24.3 Å². The van der Waals surface area contributed by atoms with E-state index in [4.69, 9.17) is 16.2 Å². The number of anilines is 2. The summed E-state index contributed by atoms with van der Waals surface area (Å²) >= 11 is 0. The summed E-state index contributed by atoms with van der Waals surface area (Å²) in [5, 5.41) is 23.6. The number of amides is 3. The topological polar surface area (TPSA) is 258 Å². The van der Waals surface area contributed by atoms with Gasteiger partial charge in [-0.3, -0.25) is 38.4 Å². The number of aromatic nitrogens is 9. The molecule has 330 valence electrons. The van der Waals surface area contributed by atoms with Crippen LogP contribution >= 0.6 is 0 Å². The van der Waals surface area contributed by atoms with Crippen molar-refractivity contribution in [1.82, 2.24) is 43.6 Å². The van der Waals surface area contributed by atoms with Gasteiger partial charge in [0, 0.05) is 58.0 Å². The number of ether oxygens (including phenoxy) is 1. The number of primary amides is 2. The largest absolute Gasteiger partial charge is 0.491 e. The highest BCUT2D eigenvalue weighted by atomic mass is 16.5. The lowest BCUT2D eigenvalue weighted by molar-refractivity contribution is 0.0991. The maximum Gasteiger partial charge on any atom is 0.276 e. The van der Waals surface area contributed by atoms with Crippen LogP contribution in [0.5, 0.6) is 5.75 Å². The monoisotopic (exact) mass is 843 g/mol. The molecule has 19 nitrogen and oxygen atoms in total. The lowest BCUT2D eigenvalue weighted by atomic mass is 10.1. The molecule has 0 aliphatic heterocycles. The van der Waals surface area contributed by atoms with Crippen LogP contribution in [-0.2, 0) is 26.2 Å². The highest BCUT2D eigenvalue weighted by molar-refractivity contribution is 6.03. The van der Waals surface area contributed by atoms with Gasteiger partial charge in [0.2, 0.25) is 23.7 Å². The van der Waals surface area contributed by atoms with Crippen LogP contribution in [0.3, 0.4) is 0 Å². The molecule has 5 aromatic heterocycles. The minimum absolute atomic E-state index is 0. The van der Waals surface area contributed by atoms with Gasteiger partial charge in [0.1, 0.15) is 28.2 Å². The molecule has 0 saturated carbocycles. The number of pyridine rings is 1. The number of hydrogen-bond acceptors (Lipinski definition) is 12. The fourth-order valence-corrected chi connectivity index (χ4v) is 5.92. The second-order valence-corrected chi connectivity index (χ2v) is 12.5. The zero-order chi connectivity index (χ0) is 44.5. The molecule has 19 heteroatoms. The first-order valence-electron chi connectivity index (χ1n) is 19.8. The van der Waals surface area contributed by atoms with E-state index in [1.54, 1.807) is 45.2 Å². The number of nitrogens with zero attached hydrogens (tertiary/aromatic N) is 9. The number of aliphatic hydroxyl groups is 1. The highest BCUT2D eigenvalue weighted by Crippen LogP contribution is 2.31. The van der Waals surface area contributed by atoms with Crippen molar-refractivity contribution in [3.63, 3.8) is 0 Å². The molecule has 0 aliphatic rings. The molecule has 0 spiro atoms. The van der Waals surface area contributed by atoms with Crippen molar-refractivity contribution in [3.8, 4) is 5.75 Å². The van der Waals surface area contributed by atoms with Gasteiger partial charge in [0.15, 0.2) is 11.9 Å². The highest BCUT2D eigenvalue weighted by Gasteiger charge is 2.20. The van der Waals surface area contributed by atoms with Gasteiger partial charge in [-0.05, 0) is 58.0 Å². The fourth-order valence-electron chi connectivity index (χ4n) is 5.92. The van der Waals surface area contributed by atoms with E-state index in [0.29, 0.717) is 70.5 Å². The normalized spacial score (nSPS) is 10.5. The van der Waals surface area contributed by atoms with Crippen LogP contribution in [0.25, 0.3) is 22.2 Å². The van der Waals surface area contributed by atoms with Crippen molar-refractivity contribution in [2.75, 3.05) is 30.9 Å². The SMILES string of the molecule is C.CC.CC.CCn1nc(C)cc1C(=O)Nc1nc2cc(C(N)=O)cnc2n1C/C=C/Cn1c(NC)nc2cc(C(N)=O)cc(OCCCO)c21.CCn1nc(C)cc1C=O. The van der Waals surface area contributed by atoms with E-state index < -0.39 is 17.7 Å². The third-order valence-corrected chi connectivity index (χ3v) is 8.50. The second kappa shape index (κ2) is 24.3. The van der Waals surface area contributed by atoms with E-state index in [2.05, 4.69) is 35.8 Å². The summed E-state index contributed by atoms with van der Waals surface area (Å²) in [6.45, 7) is 17.6. The Hall–Kier alpha value is -6.89. The van der Waals surface area contributed by atoms with Crippen molar-refractivity contribution in [3.05, 3.63) is 82.6 Å². The molecule has 0 bridgehead atoms. The Morgan fingerprint density at radius 1 is 0.820 bits per heavy atom. The van der Waals surface area contributed by atoms with Gasteiger partial charge >= 0.3 is 0 Å². The first-order chi connectivity index (χ1) is 28.9. The van der Waals surface area contributed by atoms with Crippen molar-refractivity contribution >= 4 is 58.1 Å². The summed E-state index contributed by atoms with van der Waals surface area (Å²) in [5.74, 6) is -0.502. The number of nitrogens with two attached hydrogens (primary N) is 2. The smallest absolute Gasteiger partial charge is 0.276 e. The summed E-state index contributed by atoms with van der Waals surface area (Å²) in [6, 6.07) is 8.15. The zero-order valence-electron chi connectivity index (χ0n) is 35.8. The molecular weight excluding hydrogens is 783 g/mol. The third-order valence-electron chi connectivity index (χ3n) is 8.50. The van der Waals surface area contributed by atoms with E-state index in [1.165, 1.54) is 12.3 Å². The molecule has 0 saturated heterocycles. The third kappa shape index (κ3) is 12.3. The Morgan fingerprint density at radius 2 is 1.41 bits per heavy atom. The maximum atomic E-state index is 13.3. The standard InChI is InChI=1S/C30H35N11O5.C7H10N2O.2C2H6.CH4/c1-4-41-22(12-17(2)38-41)28(45)37-30-36-21-14-19(26(32)44)16-34-27(21)40(30)9-6-5-8-39-24-20(35-29(39)33-3)13-18(25(31)43)15-23(24)46-11-7-10-42;1-3-9-7(5-10)4-6(2)8-9;2*1-2;/h5-6,12-16,42H,4,7-11H2,1-3H3,(H2,31,43)(H2,32,44)(H,33,35)(H,36,37,45);4-5H,3H2,1-2H3;2*1-2H3;1H4/b6-5+;;;;. The lowest BCUT2D eigenvalue weighted by Crippen LogP contribution is -2.20. The number of aldehydes is 1. The Balaban J connectivity index is 0.000000736.